The molecule has 0 aromatic heterocycles. The quantitative estimate of drug-likeness (QED) is 0.565. The molecule has 5 heteroatoms. The first-order valence-electron chi connectivity index (χ1n) is 3.36. The maximum absolute atomic E-state index is 12.6. The van der Waals surface area contributed by atoms with Gasteiger partial charge in [-0.25, -0.2) is 13.6 Å². The van der Waals surface area contributed by atoms with Crippen LogP contribution in [0.15, 0.2) is 0 Å². The summed E-state index contributed by atoms with van der Waals surface area (Å²) in [6.45, 7) is 1.02. The largest absolute Gasteiger partial charge is 0.351 e. The van der Waals surface area contributed by atoms with Crippen LogP contribution < -0.4 is 5.73 Å². The van der Waals surface area contributed by atoms with E-state index in [9.17, 15) is 13.6 Å². The molecule has 0 aliphatic carbocycles. The summed E-state index contributed by atoms with van der Waals surface area (Å²) in [5, 5.41) is 0. The Labute approximate surface area is 63.2 Å². The van der Waals surface area contributed by atoms with Crippen LogP contribution in [0.5, 0.6) is 0 Å². The SMILES string of the molecule is CC1CC(F)(F)CN1C(N)=O. The number of carbonyl (C=O) groups is 1. The summed E-state index contributed by atoms with van der Waals surface area (Å²) in [5.41, 5.74) is 4.86. The average molecular weight is 164 g/mol. The van der Waals surface area contributed by atoms with Crippen molar-refractivity contribution in [1.29, 1.82) is 0 Å². The number of likely N-dealkylation sites (tertiary alicyclic amines) is 1. The number of hydrogen-bond donors (Lipinski definition) is 1. The van der Waals surface area contributed by atoms with Crippen molar-refractivity contribution < 1.29 is 13.6 Å². The molecule has 64 valence electrons. The minimum absolute atomic E-state index is 0.282. The van der Waals surface area contributed by atoms with Crippen molar-refractivity contribution in [1.82, 2.24) is 4.90 Å². The predicted octanol–water partition coefficient (Wildman–Crippen LogP) is 0.795. The second kappa shape index (κ2) is 2.32. The van der Waals surface area contributed by atoms with Crippen LogP contribution >= 0.6 is 0 Å². The predicted molar refractivity (Wildman–Crippen MR) is 35.3 cm³/mol. The van der Waals surface area contributed by atoms with Crippen LogP contribution in [-0.2, 0) is 0 Å². The van der Waals surface area contributed by atoms with Crippen molar-refractivity contribution >= 4 is 6.03 Å². The van der Waals surface area contributed by atoms with Gasteiger partial charge in [-0.05, 0) is 6.92 Å². The van der Waals surface area contributed by atoms with E-state index in [4.69, 9.17) is 5.73 Å². The average Bonchev–Trinajstić information content (AvgIpc) is 2.05. The smallest absolute Gasteiger partial charge is 0.315 e. The van der Waals surface area contributed by atoms with Gasteiger partial charge in [0.25, 0.3) is 5.92 Å². The summed E-state index contributed by atoms with van der Waals surface area (Å²) >= 11 is 0. The van der Waals surface area contributed by atoms with Crippen molar-refractivity contribution in [2.24, 2.45) is 5.73 Å². The molecule has 0 radical (unpaired) electrons. The van der Waals surface area contributed by atoms with Gasteiger partial charge in [0.2, 0.25) is 0 Å². The van der Waals surface area contributed by atoms with E-state index in [0.717, 1.165) is 4.90 Å². The summed E-state index contributed by atoms with van der Waals surface area (Å²) in [4.78, 5) is 11.5. The lowest BCUT2D eigenvalue weighted by Gasteiger charge is -2.16. The number of hydrogen-bond acceptors (Lipinski definition) is 1. The molecule has 1 fully saturated rings. The zero-order valence-corrected chi connectivity index (χ0v) is 6.18. The standard InChI is InChI=1S/C6H10F2N2O/c1-4-2-6(7,8)3-10(4)5(9)11/h4H,2-3H2,1H3,(H2,9,11). The molecular weight excluding hydrogens is 154 g/mol. The highest BCUT2D eigenvalue weighted by atomic mass is 19.3. The molecule has 1 atom stereocenters. The molecule has 1 heterocycles. The van der Waals surface area contributed by atoms with Gasteiger partial charge in [0.15, 0.2) is 0 Å². The first-order chi connectivity index (χ1) is 4.92. The van der Waals surface area contributed by atoms with Gasteiger partial charge in [-0.1, -0.05) is 0 Å². The first-order valence-corrected chi connectivity index (χ1v) is 3.36. The van der Waals surface area contributed by atoms with E-state index in [0.29, 0.717) is 0 Å². The summed E-state index contributed by atoms with van der Waals surface area (Å²) in [5.74, 6) is -2.76. The fraction of sp³-hybridized carbons (Fsp3) is 0.833. The normalized spacial score (nSPS) is 29.0. The second-order valence-corrected chi connectivity index (χ2v) is 2.88. The number of urea groups is 1. The van der Waals surface area contributed by atoms with Gasteiger partial charge in [-0.15, -0.1) is 0 Å². The Morgan fingerprint density at radius 1 is 1.73 bits per heavy atom. The lowest BCUT2D eigenvalue weighted by Crippen LogP contribution is -2.39. The molecule has 0 aromatic carbocycles. The Morgan fingerprint density at radius 2 is 2.27 bits per heavy atom. The molecular formula is C6H10F2N2O. The number of carbonyl (C=O) groups excluding carboxylic acids is 1. The maximum Gasteiger partial charge on any atom is 0.315 e. The fourth-order valence-electron chi connectivity index (χ4n) is 1.31. The third-order valence-corrected chi connectivity index (χ3v) is 1.81. The van der Waals surface area contributed by atoms with Crippen LogP contribution in [-0.4, -0.2) is 29.4 Å². The number of rotatable bonds is 0. The van der Waals surface area contributed by atoms with Crippen LogP contribution in [0.2, 0.25) is 0 Å². The Kier molecular flexibility index (Phi) is 1.74. The Balaban J connectivity index is 2.66. The molecule has 0 bridgehead atoms. The summed E-state index contributed by atoms with van der Waals surface area (Å²) in [7, 11) is 0. The molecule has 1 rings (SSSR count). The van der Waals surface area contributed by atoms with Crippen LogP contribution in [0.4, 0.5) is 13.6 Å². The second-order valence-electron chi connectivity index (χ2n) is 2.88. The third-order valence-electron chi connectivity index (χ3n) is 1.81. The molecule has 1 saturated heterocycles. The van der Waals surface area contributed by atoms with Gasteiger partial charge in [-0.2, -0.15) is 0 Å². The number of amides is 2. The van der Waals surface area contributed by atoms with Gasteiger partial charge < -0.3 is 10.6 Å². The number of nitrogens with zero attached hydrogens (tertiary/aromatic N) is 1. The number of nitrogens with two attached hydrogens (primary N) is 1. The molecule has 11 heavy (non-hydrogen) atoms. The summed E-state index contributed by atoms with van der Waals surface area (Å²) < 4.78 is 25.1. The van der Waals surface area contributed by atoms with Crippen LogP contribution in [0, 0.1) is 0 Å². The Bertz CT molecular complexity index is 183. The zero-order chi connectivity index (χ0) is 8.65. The molecule has 0 aromatic rings. The van der Waals surface area contributed by atoms with E-state index in [2.05, 4.69) is 0 Å². The lowest BCUT2D eigenvalue weighted by molar-refractivity contribution is 0.0151. The molecule has 0 spiro atoms. The van der Waals surface area contributed by atoms with E-state index in [1.54, 1.807) is 6.92 Å². The fourth-order valence-corrected chi connectivity index (χ4v) is 1.31. The monoisotopic (exact) mass is 164 g/mol. The van der Waals surface area contributed by atoms with E-state index in [1.165, 1.54) is 0 Å². The zero-order valence-electron chi connectivity index (χ0n) is 6.18. The van der Waals surface area contributed by atoms with Crippen LogP contribution in [0.1, 0.15) is 13.3 Å². The van der Waals surface area contributed by atoms with Gasteiger partial charge >= 0.3 is 6.03 Å². The topological polar surface area (TPSA) is 46.3 Å². The first kappa shape index (κ1) is 8.23. The van der Waals surface area contributed by atoms with Crippen molar-refractivity contribution in [3.8, 4) is 0 Å². The van der Waals surface area contributed by atoms with E-state index < -0.39 is 24.5 Å². The Hall–Kier alpha value is -0.870. The summed E-state index contributed by atoms with van der Waals surface area (Å²) in [6.07, 6.45) is -0.282. The molecule has 1 unspecified atom stereocenters. The highest BCUT2D eigenvalue weighted by Gasteiger charge is 2.44. The van der Waals surface area contributed by atoms with Crippen molar-refractivity contribution in [3.05, 3.63) is 0 Å². The maximum atomic E-state index is 12.6. The highest BCUT2D eigenvalue weighted by Crippen LogP contribution is 2.31. The molecule has 2 N–H and O–H groups in total. The summed E-state index contributed by atoms with van der Waals surface area (Å²) in [6, 6.07) is -1.21. The van der Waals surface area contributed by atoms with Gasteiger partial charge in [0.1, 0.15) is 0 Å². The van der Waals surface area contributed by atoms with Crippen molar-refractivity contribution in [2.75, 3.05) is 6.54 Å². The molecule has 0 saturated carbocycles. The minimum Gasteiger partial charge on any atom is -0.351 e. The number of alkyl halides is 2. The van der Waals surface area contributed by atoms with E-state index in [1.807, 2.05) is 0 Å². The van der Waals surface area contributed by atoms with Gasteiger partial charge in [-0.3, -0.25) is 0 Å². The molecule has 1 aliphatic heterocycles. The van der Waals surface area contributed by atoms with Gasteiger partial charge in [0.05, 0.1) is 6.54 Å². The number of halogens is 2. The third kappa shape index (κ3) is 1.58. The Morgan fingerprint density at radius 3 is 2.45 bits per heavy atom. The van der Waals surface area contributed by atoms with Crippen LogP contribution in [0.25, 0.3) is 0 Å². The highest BCUT2D eigenvalue weighted by molar-refractivity contribution is 5.72. The van der Waals surface area contributed by atoms with Crippen molar-refractivity contribution in [3.63, 3.8) is 0 Å². The van der Waals surface area contributed by atoms with E-state index >= 15 is 0 Å². The van der Waals surface area contributed by atoms with E-state index in [-0.39, 0.29) is 6.42 Å². The number of primary amides is 1. The minimum atomic E-state index is -2.76. The van der Waals surface area contributed by atoms with Crippen LogP contribution in [0.3, 0.4) is 0 Å². The van der Waals surface area contributed by atoms with Gasteiger partial charge in [0, 0.05) is 12.5 Å². The lowest BCUT2D eigenvalue weighted by atomic mass is 10.2. The molecule has 2 amide bonds. The van der Waals surface area contributed by atoms with Crippen molar-refractivity contribution in [2.45, 2.75) is 25.3 Å². The molecule has 3 nitrogen and oxygen atoms in total. The molecule has 1 aliphatic rings.